The number of ketones is 2. The maximum absolute atomic E-state index is 13.0. The predicted molar refractivity (Wildman–Crippen MR) is 166 cm³/mol. The number of carbonyl (C=O) groups excluding carboxylic acids is 2. The number of Topliss-reactive ketones (excluding diaryl/α,β-unsaturated/α-hetero) is 2. The van der Waals surface area contributed by atoms with Gasteiger partial charge in [0.15, 0.2) is 11.6 Å². The van der Waals surface area contributed by atoms with Crippen LogP contribution >= 0.6 is 0 Å². The van der Waals surface area contributed by atoms with Gasteiger partial charge in [-0.2, -0.15) is 0 Å². The number of benzene rings is 6. The molecule has 0 fully saturated rings. The minimum atomic E-state index is 0.0339. The SMILES string of the molecule is O=C(Cc1ccc2ccc(CC(=O)c3ccc(Oc4ccccc4)cc3)cc2c1)c1ccc(Oc2ccccc2)cc1. The topological polar surface area (TPSA) is 52.6 Å². The summed E-state index contributed by atoms with van der Waals surface area (Å²) in [6, 6.07) is 45.6. The molecule has 0 bridgehead atoms. The Hall–Kier alpha value is -5.48. The standard InChI is InChI=1S/C38H28O4/c39-37(30-15-19-35(20-16-30)41-33-7-3-1-4-8-33)25-27-11-13-29-14-12-28(24-32(29)23-27)26-38(40)31-17-21-36(22-18-31)42-34-9-5-2-6-10-34/h1-24H,25-26H2. The van der Waals surface area contributed by atoms with Crippen LogP contribution < -0.4 is 9.47 Å². The number of ether oxygens (including phenoxy) is 2. The van der Waals surface area contributed by atoms with E-state index >= 15 is 0 Å². The Morgan fingerprint density at radius 3 is 1.19 bits per heavy atom. The maximum atomic E-state index is 13.0. The van der Waals surface area contributed by atoms with Gasteiger partial charge in [0.25, 0.3) is 0 Å². The molecule has 0 spiro atoms. The van der Waals surface area contributed by atoms with Gasteiger partial charge in [-0.3, -0.25) is 9.59 Å². The third-order valence-corrected chi connectivity index (χ3v) is 7.01. The van der Waals surface area contributed by atoms with E-state index in [0.717, 1.165) is 33.4 Å². The van der Waals surface area contributed by atoms with Gasteiger partial charge in [-0.25, -0.2) is 0 Å². The van der Waals surface area contributed by atoms with E-state index in [-0.39, 0.29) is 24.4 Å². The third-order valence-electron chi connectivity index (χ3n) is 7.01. The Morgan fingerprint density at radius 1 is 0.405 bits per heavy atom. The first-order chi connectivity index (χ1) is 20.6. The number of fused-ring (bicyclic) bond motifs is 1. The smallest absolute Gasteiger partial charge is 0.167 e. The molecule has 6 aromatic carbocycles. The third kappa shape index (κ3) is 6.62. The molecule has 4 nitrogen and oxygen atoms in total. The fraction of sp³-hybridized carbons (Fsp3) is 0.0526. The Balaban J connectivity index is 1.10. The van der Waals surface area contributed by atoms with E-state index in [4.69, 9.17) is 9.47 Å². The molecule has 0 saturated carbocycles. The summed E-state index contributed by atoms with van der Waals surface area (Å²) in [6.45, 7) is 0. The highest BCUT2D eigenvalue weighted by Gasteiger charge is 2.11. The zero-order valence-corrected chi connectivity index (χ0v) is 22.9. The van der Waals surface area contributed by atoms with Crippen molar-refractivity contribution in [3.63, 3.8) is 0 Å². The average Bonchev–Trinajstić information content (AvgIpc) is 3.02. The average molecular weight is 549 g/mol. The zero-order valence-electron chi connectivity index (χ0n) is 22.9. The monoisotopic (exact) mass is 548 g/mol. The van der Waals surface area contributed by atoms with Crippen molar-refractivity contribution in [1.29, 1.82) is 0 Å². The minimum absolute atomic E-state index is 0.0339. The quantitative estimate of drug-likeness (QED) is 0.160. The lowest BCUT2D eigenvalue weighted by molar-refractivity contribution is 0.0985. The highest BCUT2D eigenvalue weighted by Crippen LogP contribution is 2.25. The zero-order chi connectivity index (χ0) is 28.7. The van der Waals surface area contributed by atoms with Crippen LogP contribution in [0.15, 0.2) is 146 Å². The molecule has 0 amide bonds. The molecule has 204 valence electrons. The lowest BCUT2D eigenvalue weighted by atomic mass is 9.97. The van der Waals surface area contributed by atoms with Crippen LogP contribution in [0.25, 0.3) is 10.8 Å². The van der Waals surface area contributed by atoms with Gasteiger partial charge in [-0.05, 0) is 94.7 Å². The summed E-state index contributed by atoms with van der Waals surface area (Å²) in [5, 5.41) is 2.07. The summed E-state index contributed by atoms with van der Waals surface area (Å²) in [5.74, 6) is 2.93. The molecule has 6 aromatic rings. The lowest BCUT2D eigenvalue weighted by Crippen LogP contribution is -2.04. The molecule has 0 aliphatic heterocycles. The Bertz CT molecular complexity index is 1690. The summed E-state index contributed by atoms with van der Waals surface area (Å²) in [7, 11) is 0. The second-order valence-electron chi connectivity index (χ2n) is 10.1. The van der Waals surface area contributed by atoms with Crippen LogP contribution in [-0.4, -0.2) is 11.6 Å². The molecular weight excluding hydrogens is 520 g/mol. The number of carbonyl (C=O) groups is 2. The molecule has 0 aromatic heterocycles. The lowest BCUT2D eigenvalue weighted by Gasteiger charge is -2.08. The van der Waals surface area contributed by atoms with Crippen LogP contribution in [0, 0.1) is 0 Å². The number of rotatable bonds is 10. The fourth-order valence-electron chi connectivity index (χ4n) is 4.81. The van der Waals surface area contributed by atoms with Crippen LogP contribution in [0.2, 0.25) is 0 Å². The van der Waals surface area contributed by atoms with Crippen molar-refractivity contribution < 1.29 is 19.1 Å². The van der Waals surface area contributed by atoms with E-state index in [1.165, 1.54) is 0 Å². The van der Waals surface area contributed by atoms with Crippen molar-refractivity contribution in [2.45, 2.75) is 12.8 Å². The van der Waals surface area contributed by atoms with Crippen LogP contribution in [0.1, 0.15) is 31.8 Å². The second kappa shape index (κ2) is 12.4. The molecule has 0 saturated heterocycles. The van der Waals surface area contributed by atoms with Gasteiger partial charge in [-0.1, -0.05) is 72.8 Å². The number of para-hydroxylation sites is 2. The Kier molecular flexibility index (Phi) is 7.87. The van der Waals surface area contributed by atoms with Gasteiger partial charge in [0.05, 0.1) is 0 Å². The van der Waals surface area contributed by atoms with Gasteiger partial charge in [0, 0.05) is 24.0 Å². The second-order valence-corrected chi connectivity index (χ2v) is 10.1. The molecule has 42 heavy (non-hydrogen) atoms. The molecule has 0 heterocycles. The van der Waals surface area contributed by atoms with Crippen LogP contribution in [0.5, 0.6) is 23.0 Å². The highest BCUT2D eigenvalue weighted by molar-refractivity contribution is 5.99. The van der Waals surface area contributed by atoms with E-state index in [9.17, 15) is 9.59 Å². The van der Waals surface area contributed by atoms with Crippen molar-refractivity contribution in [3.05, 3.63) is 168 Å². The molecular formula is C38H28O4. The Labute approximate surface area is 244 Å². The van der Waals surface area contributed by atoms with Crippen molar-refractivity contribution in [3.8, 4) is 23.0 Å². The molecule has 0 radical (unpaired) electrons. The first-order valence-corrected chi connectivity index (χ1v) is 13.8. The molecule has 0 aliphatic rings. The van der Waals surface area contributed by atoms with Crippen molar-refractivity contribution in [1.82, 2.24) is 0 Å². The summed E-state index contributed by atoms with van der Waals surface area (Å²) in [4.78, 5) is 26.0. The first kappa shape index (κ1) is 26.7. The number of hydrogen-bond acceptors (Lipinski definition) is 4. The van der Waals surface area contributed by atoms with Gasteiger partial charge < -0.3 is 9.47 Å². The summed E-state index contributed by atoms with van der Waals surface area (Å²) in [5.41, 5.74) is 3.12. The van der Waals surface area contributed by atoms with Gasteiger partial charge in [0.2, 0.25) is 0 Å². The predicted octanol–water partition coefficient (Wildman–Crippen LogP) is 9.28. The van der Waals surface area contributed by atoms with E-state index in [1.807, 2.05) is 121 Å². The van der Waals surface area contributed by atoms with Crippen LogP contribution in [0.3, 0.4) is 0 Å². The number of hydrogen-bond donors (Lipinski definition) is 0. The molecule has 6 rings (SSSR count). The normalized spacial score (nSPS) is 10.8. The molecule has 0 atom stereocenters. The van der Waals surface area contributed by atoms with Crippen LogP contribution in [-0.2, 0) is 12.8 Å². The maximum Gasteiger partial charge on any atom is 0.167 e. The van der Waals surface area contributed by atoms with Crippen molar-refractivity contribution in [2.75, 3.05) is 0 Å². The van der Waals surface area contributed by atoms with E-state index in [2.05, 4.69) is 0 Å². The summed E-state index contributed by atoms with van der Waals surface area (Å²) >= 11 is 0. The van der Waals surface area contributed by atoms with E-state index in [1.54, 1.807) is 24.3 Å². The Morgan fingerprint density at radius 2 is 0.786 bits per heavy atom. The van der Waals surface area contributed by atoms with Gasteiger partial charge in [-0.15, -0.1) is 0 Å². The van der Waals surface area contributed by atoms with E-state index in [0.29, 0.717) is 22.6 Å². The molecule has 0 N–H and O–H groups in total. The highest BCUT2D eigenvalue weighted by atomic mass is 16.5. The molecule has 4 heteroatoms. The first-order valence-electron chi connectivity index (χ1n) is 13.8. The van der Waals surface area contributed by atoms with Crippen molar-refractivity contribution in [2.24, 2.45) is 0 Å². The molecule has 0 aliphatic carbocycles. The summed E-state index contributed by atoms with van der Waals surface area (Å²) < 4.78 is 11.7. The van der Waals surface area contributed by atoms with Gasteiger partial charge in [0.1, 0.15) is 23.0 Å². The minimum Gasteiger partial charge on any atom is -0.457 e. The van der Waals surface area contributed by atoms with Crippen molar-refractivity contribution >= 4 is 22.3 Å². The van der Waals surface area contributed by atoms with Crippen LogP contribution in [0.4, 0.5) is 0 Å². The largest absolute Gasteiger partial charge is 0.457 e. The van der Waals surface area contributed by atoms with Gasteiger partial charge >= 0.3 is 0 Å². The fourth-order valence-corrected chi connectivity index (χ4v) is 4.81. The summed E-state index contributed by atoms with van der Waals surface area (Å²) in [6.07, 6.45) is 0.574. The van der Waals surface area contributed by atoms with E-state index < -0.39 is 0 Å². The molecule has 0 unspecified atom stereocenters.